The van der Waals surface area contributed by atoms with Gasteiger partial charge in [0.25, 0.3) is 11.5 Å². The van der Waals surface area contributed by atoms with Crippen LogP contribution in [0.1, 0.15) is 43.0 Å². The fraction of sp³-hybridized carbons (Fsp3) is 0.571. The second-order valence-corrected chi connectivity index (χ2v) is 4.89. The van der Waals surface area contributed by atoms with Crippen molar-refractivity contribution in [3.8, 4) is 0 Å². The van der Waals surface area contributed by atoms with Gasteiger partial charge in [0.1, 0.15) is 0 Å². The largest absolute Gasteiger partial charge is 0.336 e. The number of hydrogen-bond donors (Lipinski definition) is 0. The molecule has 1 saturated carbocycles. The van der Waals surface area contributed by atoms with Crippen molar-refractivity contribution in [1.29, 1.82) is 0 Å². The average molecular weight is 248 g/mol. The highest BCUT2D eigenvalue weighted by Crippen LogP contribution is 2.24. The van der Waals surface area contributed by atoms with Gasteiger partial charge in [0, 0.05) is 37.5 Å². The molecule has 0 saturated heterocycles. The molecule has 1 aliphatic carbocycles. The highest BCUT2D eigenvalue weighted by Gasteiger charge is 2.26. The van der Waals surface area contributed by atoms with Crippen LogP contribution in [0.2, 0.25) is 0 Å². The Bertz CT molecular complexity index is 487. The number of pyridine rings is 1. The van der Waals surface area contributed by atoms with E-state index in [9.17, 15) is 9.59 Å². The lowest BCUT2D eigenvalue weighted by Gasteiger charge is -2.27. The Hall–Kier alpha value is -1.58. The summed E-state index contributed by atoms with van der Waals surface area (Å²) in [7, 11) is 1.69. The minimum atomic E-state index is -0.136. The minimum absolute atomic E-state index is 0.0119. The number of rotatable bonds is 3. The molecule has 0 atom stereocenters. The summed E-state index contributed by atoms with van der Waals surface area (Å²) >= 11 is 0. The first-order chi connectivity index (χ1) is 8.63. The number of carbonyl (C=O) groups excluding carboxylic acids is 1. The highest BCUT2D eigenvalue weighted by molar-refractivity contribution is 5.94. The molecule has 18 heavy (non-hydrogen) atoms. The predicted octanol–water partition coefficient (Wildman–Crippen LogP) is 1.79. The van der Waals surface area contributed by atoms with Crippen molar-refractivity contribution in [3.05, 3.63) is 34.2 Å². The first-order valence-electron chi connectivity index (χ1n) is 6.61. The monoisotopic (exact) mass is 248 g/mol. The van der Waals surface area contributed by atoms with Crippen LogP contribution < -0.4 is 5.56 Å². The first-order valence-corrected chi connectivity index (χ1v) is 6.61. The van der Waals surface area contributed by atoms with E-state index in [-0.39, 0.29) is 11.5 Å². The summed E-state index contributed by atoms with van der Waals surface area (Å²) in [6, 6.07) is 3.51. The van der Waals surface area contributed by atoms with Gasteiger partial charge in [-0.1, -0.05) is 12.8 Å². The molecule has 1 aliphatic rings. The molecule has 0 radical (unpaired) electrons. The summed E-state index contributed by atoms with van der Waals surface area (Å²) in [6.07, 6.45) is 6.23. The van der Waals surface area contributed by atoms with Gasteiger partial charge >= 0.3 is 0 Å². The Kier molecular flexibility index (Phi) is 3.84. The number of amides is 1. The minimum Gasteiger partial charge on any atom is -0.336 e. The Morgan fingerprint density at radius 3 is 2.67 bits per heavy atom. The van der Waals surface area contributed by atoms with E-state index < -0.39 is 0 Å². The molecule has 0 aliphatic heterocycles. The second kappa shape index (κ2) is 5.38. The summed E-state index contributed by atoms with van der Waals surface area (Å²) < 4.78 is 1.47. The normalized spacial score (nSPS) is 15.9. The third kappa shape index (κ3) is 2.47. The van der Waals surface area contributed by atoms with Crippen LogP contribution in [-0.4, -0.2) is 28.0 Å². The number of aryl methyl sites for hydroxylation is 1. The fourth-order valence-corrected chi connectivity index (χ4v) is 2.63. The van der Waals surface area contributed by atoms with Crippen LogP contribution >= 0.6 is 0 Å². The van der Waals surface area contributed by atoms with Gasteiger partial charge in [-0.3, -0.25) is 9.59 Å². The zero-order valence-corrected chi connectivity index (χ0v) is 11.1. The maximum absolute atomic E-state index is 12.4. The third-order valence-electron chi connectivity index (χ3n) is 3.72. The molecule has 1 aromatic heterocycles. The lowest BCUT2D eigenvalue weighted by molar-refractivity contribution is 0.0693. The zero-order valence-electron chi connectivity index (χ0n) is 11.1. The molecule has 0 bridgehead atoms. The lowest BCUT2D eigenvalue weighted by Crippen LogP contribution is -2.39. The zero-order chi connectivity index (χ0) is 13.1. The maximum atomic E-state index is 12.4. The first kappa shape index (κ1) is 12.9. The van der Waals surface area contributed by atoms with Gasteiger partial charge < -0.3 is 9.47 Å². The average Bonchev–Trinajstić information content (AvgIpc) is 2.87. The smallest absolute Gasteiger partial charge is 0.254 e. The van der Waals surface area contributed by atoms with Gasteiger partial charge in [0.2, 0.25) is 0 Å². The molecule has 98 valence electrons. The van der Waals surface area contributed by atoms with Crippen LogP contribution in [-0.2, 0) is 7.05 Å². The molecule has 2 rings (SSSR count). The van der Waals surface area contributed by atoms with Crippen molar-refractivity contribution >= 4 is 5.91 Å². The summed E-state index contributed by atoms with van der Waals surface area (Å²) in [6.45, 7) is 2.70. The van der Waals surface area contributed by atoms with Crippen LogP contribution in [0.3, 0.4) is 0 Å². The SMILES string of the molecule is CCN(C(=O)c1ccn(C)c(=O)c1)C1CCCC1. The van der Waals surface area contributed by atoms with E-state index in [1.807, 2.05) is 11.8 Å². The maximum Gasteiger partial charge on any atom is 0.254 e. The van der Waals surface area contributed by atoms with Crippen molar-refractivity contribution in [2.45, 2.75) is 38.6 Å². The van der Waals surface area contributed by atoms with Crippen molar-refractivity contribution in [1.82, 2.24) is 9.47 Å². The van der Waals surface area contributed by atoms with E-state index in [1.54, 1.807) is 19.3 Å². The summed E-state index contributed by atoms with van der Waals surface area (Å²) in [4.78, 5) is 25.9. The van der Waals surface area contributed by atoms with E-state index in [0.29, 0.717) is 18.2 Å². The standard InChI is InChI=1S/C14H20N2O2/c1-3-16(12-6-4-5-7-12)14(18)11-8-9-15(2)13(17)10-11/h8-10,12H,3-7H2,1-2H3. The Balaban J connectivity index is 2.22. The molecule has 1 heterocycles. The number of nitrogens with zero attached hydrogens (tertiary/aromatic N) is 2. The molecule has 0 aromatic carbocycles. The van der Waals surface area contributed by atoms with Crippen LogP contribution in [0.25, 0.3) is 0 Å². The van der Waals surface area contributed by atoms with E-state index in [1.165, 1.54) is 23.5 Å². The Morgan fingerprint density at radius 1 is 1.44 bits per heavy atom. The fourth-order valence-electron chi connectivity index (χ4n) is 2.63. The second-order valence-electron chi connectivity index (χ2n) is 4.89. The van der Waals surface area contributed by atoms with Crippen molar-refractivity contribution in [2.75, 3.05) is 6.54 Å². The van der Waals surface area contributed by atoms with E-state index >= 15 is 0 Å². The van der Waals surface area contributed by atoms with Crippen LogP contribution in [0.15, 0.2) is 23.1 Å². The van der Waals surface area contributed by atoms with Gasteiger partial charge in [-0.2, -0.15) is 0 Å². The summed E-state index contributed by atoms with van der Waals surface area (Å²) in [5.74, 6) is -0.0119. The van der Waals surface area contributed by atoms with E-state index in [4.69, 9.17) is 0 Å². The summed E-state index contributed by atoms with van der Waals surface area (Å²) in [5, 5.41) is 0. The third-order valence-corrected chi connectivity index (χ3v) is 3.72. The number of hydrogen-bond acceptors (Lipinski definition) is 2. The Morgan fingerprint density at radius 2 is 2.11 bits per heavy atom. The molecule has 1 amide bonds. The molecule has 1 aromatic rings. The van der Waals surface area contributed by atoms with Crippen LogP contribution in [0.5, 0.6) is 0 Å². The molecule has 0 N–H and O–H groups in total. The number of aromatic nitrogens is 1. The van der Waals surface area contributed by atoms with Crippen LogP contribution in [0, 0.1) is 0 Å². The van der Waals surface area contributed by atoms with Crippen molar-refractivity contribution < 1.29 is 4.79 Å². The molecule has 0 spiro atoms. The molecule has 4 nitrogen and oxygen atoms in total. The molecule has 4 heteroatoms. The number of carbonyl (C=O) groups is 1. The van der Waals surface area contributed by atoms with Gasteiger partial charge in [0.05, 0.1) is 0 Å². The molecular weight excluding hydrogens is 228 g/mol. The van der Waals surface area contributed by atoms with E-state index in [2.05, 4.69) is 0 Å². The van der Waals surface area contributed by atoms with Gasteiger partial charge in [-0.15, -0.1) is 0 Å². The molecule has 0 unspecified atom stereocenters. The Labute approximate surface area is 107 Å². The van der Waals surface area contributed by atoms with Crippen molar-refractivity contribution in [3.63, 3.8) is 0 Å². The van der Waals surface area contributed by atoms with E-state index in [0.717, 1.165) is 12.8 Å². The quantitative estimate of drug-likeness (QED) is 0.818. The predicted molar refractivity (Wildman–Crippen MR) is 70.6 cm³/mol. The topological polar surface area (TPSA) is 42.3 Å². The van der Waals surface area contributed by atoms with Gasteiger partial charge in [0.15, 0.2) is 0 Å². The molecular formula is C14H20N2O2. The van der Waals surface area contributed by atoms with Gasteiger partial charge in [-0.25, -0.2) is 0 Å². The van der Waals surface area contributed by atoms with Crippen molar-refractivity contribution in [2.24, 2.45) is 7.05 Å². The van der Waals surface area contributed by atoms with Gasteiger partial charge in [-0.05, 0) is 25.8 Å². The van der Waals surface area contributed by atoms with Crippen LogP contribution in [0.4, 0.5) is 0 Å². The highest BCUT2D eigenvalue weighted by atomic mass is 16.2. The summed E-state index contributed by atoms with van der Waals surface area (Å²) in [5.41, 5.74) is 0.371. The molecule has 1 fully saturated rings. The lowest BCUT2D eigenvalue weighted by atomic mass is 10.1.